The molecule has 1 aromatic rings. The molecule has 0 aliphatic carbocycles. The van der Waals surface area contributed by atoms with E-state index < -0.39 is 0 Å². The standard InChI is InChI=1S/C10H16ClNO2/c1-2-6-13-8-9-7-12-10(14-9)4-3-5-11/h7H,2-6,8H2,1H3. The largest absolute Gasteiger partial charge is 0.443 e. The first-order chi connectivity index (χ1) is 6.86. The van der Waals surface area contributed by atoms with Crippen LogP contribution in [0.1, 0.15) is 31.4 Å². The van der Waals surface area contributed by atoms with Gasteiger partial charge in [0, 0.05) is 18.9 Å². The molecule has 0 radical (unpaired) electrons. The number of alkyl halides is 1. The fraction of sp³-hybridized carbons (Fsp3) is 0.700. The third-order valence-corrected chi connectivity index (χ3v) is 1.99. The zero-order valence-electron chi connectivity index (χ0n) is 8.46. The van der Waals surface area contributed by atoms with Crippen molar-refractivity contribution >= 4 is 11.6 Å². The summed E-state index contributed by atoms with van der Waals surface area (Å²) in [6, 6.07) is 0. The molecule has 0 aliphatic rings. The average Bonchev–Trinajstić information content (AvgIpc) is 2.63. The molecule has 0 unspecified atom stereocenters. The van der Waals surface area contributed by atoms with Crippen LogP contribution in [-0.4, -0.2) is 17.5 Å². The number of ether oxygens (including phenoxy) is 1. The molecule has 0 saturated heterocycles. The van der Waals surface area contributed by atoms with Crippen molar-refractivity contribution in [1.82, 2.24) is 4.98 Å². The number of aromatic nitrogens is 1. The summed E-state index contributed by atoms with van der Waals surface area (Å²) in [4.78, 5) is 4.13. The van der Waals surface area contributed by atoms with Crippen LogP contribution >= 0.6 is 11.6 Å². The Kier molecular flexibility index (Phi) is 5.64. The summed E-state index contributed by atoms with van der Waals surface area (Å²) in [5.41, 5.74) is 0. The van der Waals surface area contributed by atoms with Gasteiger partial charge in [0.1, 0.15) is 12.4 Å². The fourth-order valence-corrected chi connectivity index (χ4v) is 1.20. The van der Waals surface area contributed by atoms with E-state index in [9.17, 15) is 0 Å². The Labute approximate surface area is 89.4 Å². The summed E-state index contributed by atoms with van der Waals surface area (Å²) in [7, 11) is 0. The van der Waals surface area contributed by atoms with E-state index in [4.69, 9.17) is 20.8 Å². The molecule has 0 fully saturated rings. The Hall–Kier alpha value is -0.540. The second kappa shape index (κ2) is 6.85. The first-order valence-corrected chi connectivity index (χ1v) is 5.47. The molecule has 0 aliphatic heterocycles. The van der Waals surface area contributed by atoms with Gasteiger partial charge in [-0.25, -0.2) is 4.98 Å². The SMILES string of the molecule is CCCOCc1cnc(CCCCl)o1. The van der Waals surface area contributed by atoms with Crippen LogP contribution in [0.15, 0.2) is 10.6 Å². The van der Waals surface area contributed by atoms with Gasteiger partial charge in [-0.15, -0.1) is 11.6 Å². The van der Waals surface area contributed by atoms with Crippen molar-refractivity contribution in [2.75, 3.05) is 12.5 Å². The molecule has 0 spiro atoms. The van der Waals surface area contributed by atoms with Crippen LogP contribution in [0, 0.1) is 0 Å². The van der Waals surface area contributed by atoms with Gasteiger partial charge in [-0.05, 0) is 12.8 Å². The van der Waals surface area contributed by atoms with Crippen molar-refractivity contribution in [2.45, 2.75) is 32.8 Å². The molecule has 4 heteroatoms. The molecule has 14 heavy (non-hydrogen) atoms. The van der Waals surface area contributed by atoms with Crippen LogP contribution in [0.5, 0.6) is 0 Å². The molecule has 1 rings (SSSR count). The quantitative estimate of drug-likeness (QED) is 0.521. The minimum absolute atomic E-state index is 0.516. The van der Waals surface area contributed by atoms with Crippen LogP contribution in [0.4, 0.5) is 0 Å². The normalized spacial score (nSPS) is 10.7. The summed E-state index contributed by atoms with van der Waals surface area (Å²) in [5.74, 6) is 2.19. The van der Waals surface area contributed by atoms with Gasteiger partial charge in [-0.1, -0.05) is 6.92 Å². The summed E-state index contributed by atoms with van der Waals surface area (Å²) in [5, 5.41) is 0. The summed E-state index contributed by atoms with van der Waals surface area (Å²) in [6.07, 6.45) is 4.45. The monoisotopic (exact) mass is 217 g/mol. The van der Waals surface area contributed by atoms with Crippen LogP contribution in [0.25, 0.3) is 0 Å². The van der Waals surface area contributed by atoms with Crippen molar-refractivity contribution in [3.8, 4) is 0 Å². The van der Waals surface area contributed by atoms with E-state index in [1.807, 2.05) is 0 Å². The topological polar surface area (TPSA) is 35.3 Å². The number of nitrogens with zero attached hydrogens (tertiary/aromatic N) is 1. The van der Waals surface area contributed by atoms with E-state index in [-0.39, 0.29) is 0 Å². The molecular formula is C10H16ClNO2. The van der Waals surface area contributed by atoms with Gasteiger partial charge < -0.3 is 9.15 Å². The Bertz CT molecular complexity index is 250. The Morgan fingerprint density at radius 3 is 3.14 bits per heavy atom. The van der Waals surface area contributed by atoms with Crippen LogP contribution in [-0.2, 0) is 17.8 Å². The second-order valence-electron chi connectivity index (χ2n) is 3.07. The predicted molar refractivity (Wildman–Crippen MR) is 55.5 cm³/mol. The van der Waals surface area contributed by atoms with Crippen molar-refractivity contribution < 1.29 is 9.15 Å². The van der Waals surface area contributed by atoms with Crippen LogP contribution < -0.4 is 0 Å². The molecule has 3 nitrogen and oxygen atoms in total. The van der Waals surface area contributed by atoms with Gasteiger partial charge in [-0.3, -0.25) is 0 Å². The Balaban J connectivity index is 2.27. The molecule has 0 N–H and O–H groups in total. The van der Waals surface area contributed by atoms with Crippen LogP contribution in [0.3, 0.4) is 0 Å². The number of oxazole rings is 1. The van der Waals surface area contributed by atoms with E-state index in [1.54, 1.807) is 6.20 Å². The van der Waals surface area contributed by atoms with Crippen LogP contribution in [0.2, 0.25) is 0 Å². The Morgan fingerprint density at radius 2 is 2.43 bits per heavy atom. The average molecular weight is 218 g/mol. The second-order valence-corrected chi connectivity index (χ2v) is 3.44. The van der Waals surface area contributed by atoms with E-state index >= 15 is 0 Å². The number of hydrogen-bond donors (Lipinski definition) is 0. The molecule has 0 atom stereocenters. The van der Waals surface area contributed by atoms with Gasteiger partial charge >= 0.3 is 0 Å². The minimum atomic E-state index is 0.516. The first kappa shape index (κ1) is 11.5. The van der Waals surface area contributed by atoms with E-state index in [0.717, 1.165) is 37.5 Å². The molecular weight excluding hydrogens is 202 g/mol. The maximum atomic E-state index is 5.57. The molecule has 0 bridgehead atoms. The lowest BCUT2D eigenvalue weighted by Crippen LogP contribution is -1.92. The van der Waals surface area contributed by atoms with Gasteiger partial charge in [0.05, 0.1) is 6.20 Å². The highest BCUT2D eigenvalue weighted by Crippen LogP contribution is 2.07. The van der Waals surface area contributed by atoms with E-state index in [2.05, 4.69) is 11.9 Å². The lowest BCUT2D eigenvalue weighted by molar-refractivity contribution is 0.106. The lowest BCUT2D eigenvalue weighted by Gasteiger charge is -1.97. The maximum Gasteiger partial charge on any atom is 0.194 e. The summed E-state index contributed by atoms with van der Waals surface area (Å²) in [6.45, 7) is 3.35. The molecule has 1 heterocycles. The minimum Gasteiger partial charge on any atom is -0.443 e. The number of halogens is 1. The van der Waals surface area contributed by atoms with Gasteiger partial charge in [0.15, 0.2) is 5.89 Å². The van der Waals surface area contributed by atoms with Crippen molar-refractivity contribution in [1.29, 1.82) is 0 Å². The fourth-order valence-electron chi connectivity index (χ4n) is 1.07. The van der Waals surface area contributed by atoms with Gasteiger partial charge in [-0.2, -0.15) is 0 Å². The van der Waals surface area contributed by atoms with Gasteiger partial charge in [0.2, 0.25) is 0 Å². The summed E-state index contributed by atoms with van der Waals surface area (Å²) < 4.78 is 10.8. The first-order valence-electron chi connectivity index (χ1n) is 4.94. The van der Waals surface area contributed by atoms with Crippen molar-refractivity contribution in [2.24, 2.45) is 0 Å². The third kappa shape index (κ3) is 4.11. The highest BCUT2D eigenvalue weighted by atomic mass is 35.5. The van der Waals surface area contributed by atoms with Crippen molar-refractivity contribution in [3.05, 3.63) is 17.8 Å². The molecule has 1 aromatic heterocycles. The predicted octanol–water partition coefficient (Wildman–Crippen LogP) is 2.77. The van der Waals surface area contributed by atoms with E-state index in [0.29, 0.717) is 12.5 Å². The lowest BCUT2D eigenvalue weighted by atomic mass is 10.3. The molecule has 0 saturated carbocycles. The highest BCUT2D eigenvalue weighted by Gasteiger charge is 2.02. The highest BCUT2D eigenvalue weighted by molar-refractivity contribution is 6.17. The maximum absolute atomic E-state index is 5.57. The third-order valence-electron chi connectivity index (χ3n) is 1.72. The zero-order chi connectivity index (χ0) is 10.2. The van der Waals surface area contributed by atoms with Gasteiger partial charge in [0.25, 0.3) is 0 Å². The zero-order valence-corrected chi connectivity index (χ0v) is 9.22. The molecule has 0 amide bonds. The number of hydrogen-bond acceptors (Lipinski definition) is 3. The number of aryl methyl sites for hydroxylation is 1. The number of rotatable bonds is 7. The molecule has 0 aromatic carbocycles. The molecule has 80 valence electrons. The Morgan fingerprint density at radius 1 is 1.57 bits per heavy atom. The van der Waals surface area contributed by atoms with E-state index in [1.165, 1.54) is 0 Å². The van der Waals surface area contributed by atoms with Crippen molar-refractivity contribution in [3.63, 3.8) is 0 Å². The smallest absolute Gasteiger partial charge is 0.194 e. The summed E-state index contributed by atoms with van der Waals surface area (Å²) >= 11 is 5.57.